The molecule has 0 aliphatic heterocycles. The maximum atomic E-state index is 12.9. The zero-order valence-electron chi connectivity index (χ0n) is 49.7. The highest BCUT2D eigenvalue weighted by Gasteiger charge is 2.19. The van der Waals surface area contributed by atoms with Crippen LogP contribution in [0.3, 0.4) is 0 Å². The van der Waals surface area contributed by atoms with Crippen molar-refractivity contribution in [3.05, 3.63) is 109 Å². The van der Waals surface area contributed by atoms with Crippen LogP contribution in [0.15, 0.2) is 109 Å². The molecule has 0 aliphatic rings. The molecule has 0 amide bonds. The maximum Gasteiger partial charge on any atom is 0.306 e. The minimum Gasteiger partial charge on any atom is -0.462 e. The van der Waals surface area contributed by atoms with Crippen molar-refractivity contribution < 1.29 is 28.6 Å². The van der Waals surface area contributed by atoms with Crippen LogP contribution in [0.25, 0.3) is 0 Å². The molecule has 76 heavy (non-hydrogen) atoms. The van der Waals surface area contributed by atoms with E-state index in [-0.39, 0.29) is 31.1 Å². The standard InChI is InChI=1S/C70H118O6/c1-4-7-10-13-16-19-22-25-27-29-31-32-33-34-35-36-37-38-39-41-42-45-48-51-54-57-60-63-69(72)75-66-67(65-74-68(71)62-59-56-53-50-47-44-24-21-18-15-12-9-6-3)76-70(73)64-61-58-55-52-49-46-43-40-30-28-26-23-20-17-14-11-8-5-2/h7,9-10,12,16,18-19,21,25,27,31-32,34-35,37-38,44,47,67H,4-6,8,11,13-15,17,20,22-24,26,28-30,33,36,39-43,45-46,48-66H2,1-3H3/b10-7-,12-9-,19-16-,21-18-,27-25-,32-31-,35-34-,38-37-,47-44-. The van der Waals surface area contributed by atoms with Crippen molar-refractivity contribution in [2.75, 3.05) is 13.2 Å². The highest BCUT2D eigenvalue weighted by molar-refractivity contribution is 5.71. The summed E-state index contributed by atoms with van der Waals surface area (Å²) in [5.41, 5.74) is 0. The van der Waals surface area contributed by atoms with E-state index in [1.807, 2.05) is 0 Å². The second-order valence-electron chi connectivity index (χ2n) is 20.9. The van der Waals surface area contributed by atoms with E-state index in [0.29, 0.717) is 19.3 Å². The number of esters is 3. The monoisotopic (exact) mass is 1050 g/mol. The lowest BCUT2D eigenvalue weighted by Gasteiger charge is -2.18. The fraction of sp³-hybridized carbons (Fsp3) is 0.700. The topological polar surface area (TPSA) is 78.9 Å². The van der Waals surface area contributed by atoms with Crippen molar-refractivity contribution in [1.29, 1.82) is 0 Å². The number of hydrogen-bond acceptors (Lipinski definition) is 6. The first-order valence-electron chi connectivity index (χ1n) is 31.9. The third-order valence-electron chi connectivity index (χ3n) is 13.5. The zero-order valence-corrected chi connectivity index (χ0v) is 49.7. The number of carbonyl (C=O) groups is 3. The molecule has 0 N–H and O–H groups in total. The molecule has 1 unspecified atom stereocenters. The summed E-state index contributed by atoms with van der Waals surface area (Å²) in [6.45, 7) is 6.40. The van der Waals surface area contributed by atoms with Crippen molar-refractivity contribution >= 4 is 17.9 Å². The Bertz CT molecular complexity index is 1540. The van der Waals surface area contributed by atoms with Gasteiger partial charge in [0, 0.05) is 19.3 Å². The molecule has 0 aromatic carbocycles. The molecule has 434 valence electrons. The van der Waals surface area contributed by atoms with E-state index in [1.165, 1.54) is 128 Å². The lowest BCUT2D eigenvalue weighted by molar-refractivity contribution is -0.167. The fourth-order valence-electron chi connectivity index (χ4n) is 8.81. The van der Waals surface area contributed by atoms with Gasteiger partial charge in [-0.25, -0.2) is 0 Å². The van der Waals surface area contributed by atoms with Crippen LogP contribution in [-0.2, 0) is 28.6 Å². The maximum absolute atomic E-state index is 12.9. The second kappa shape index (κ2) is 63.6. The first-order valence-corrected chi connectivity index (χ1v) is 31.9. The first kappa shape index (κ1) is 72.1. The smallest absolute Gasteiger partial charge is 0.306 e. The SMILES string of the molecule is CC/C=C\C/C=C\C/C=C\C/C=C\C/C=C\C/C=C\CCCCCCCCCCC(=O)OCC(COC(=O)CCCCC/C=C\C/C=C\C/C=C\CC)OC(=O)CCCCCCCCCCCCCCCCCCCC. The quantitative estimate of drug-likeness (QED) is 0.0261. The van der Waals surface area contributed by atoms with Gasteiger partial charge in [0.15, 0.2) is 6.10 Å². The molecular formula is C70H118O6. The summed E-state index contributed by atoms with van der Waals surface area (Å²) in [5, 5.41) is 0. The molecule has 0 heterocycles. The number of ether oxygens (including phenoxy) is 3. The van der Waals surface area contributed by atoms with Gasteiger partial charge in [-0.2, -0.15) is 0 Å². The number of hydrogen-bond donors (Lipinski definition) is 0. The van der Waals surface area contributed by atoms with E-state index in [9.17, 15) is 14.4 Å². The number of rotatable bonds is 57. The molecule has 0 radical (unpaired) electrons. The Morgan fingerprint density at radius 3 is 0.816 bits per heavy atom. The van der Waals surface area contributed by atoms with Crippen molar-refractivity contribution in [2.24, 2.45) is 0 Å². The fourth-order valence-corrected chi connectivity index (χ4v) is 8.81. The van der Waals surface area contributed by atoms with Crippen molar-refractivity contribution in [2.45, 2.75) is 303 Å². The van der Waals surface area contributed by atoms with E-state index in [2.05, 4.69) is 130 Å². The Balaban J connectivity index is 4.34. The minimum absolute atomic E-state index is 0.0908. The first-order chi connectivity index (χ1) is 37.5. The van der Waals surface area contributed by atoms with Crippen LogP contribution in [0.2, 0.25) is 0 Å². The highest BCUT2D eigenvalue weighted by Crippen LogP contribution is 2.16. The van der Waals surface area contributed by atoms with Crippen LogP contribution in [0, 0.1) is 0 Å². The van der Waals surface area contributed by atoms with Crippen LogP contribution in [-0.4, -0.2) is 37.2 Å². The second-order valence-corrected chi connectivity index (χ2v) is 20.9. The molecule has 0 aromatic rings. The molecule has 0 saturated heterocycles. The molecular weight excluding hydrogens is 937 g/mol. The van der Waals surface area contributed by atoms with Gasteiger partial charge in [0.1, 0.15) is 13.2 Å². The average molecular weight is 1060 g/mol. The zero-order chi connectivity index (χ0) is 55.0. The normalized spacial score (nSPS) is 12.8. The van der Waals surface area contributed by atoms with E-state index in [0.717, 1.165) is 128 Å². The highest BCUT2D eigenvalue weighted by atomic mass is 16.6. The summed E-state index contributed by atoms with van der Waals surface area (Å²) in [5.74, 6) is -0.919. The minimum atomic E-state index is -0.794. The molecule has 0 saturated carbocycles. The van der Waals surface area contributed by atoms with Gasteiger partial charge in [-0.1, -0.05) is 284 Å². The van der Waals surface area contributed by atoms with Gasteiger partial charge in [0.05, 0.1) is 0 Å². The Morgan fingerprint density at radius 2 is 0.513 bits per heavy atom. The van der Waals surface area contributed by atoms with Crippen LogP contribution < -0.4 is 0 Å². The predicted molar refractivity (Wildman–Crippen MR) is 330 cm³/mol. The van der Waals surface area contributed by atoms with Gasteiger partial charge in [-0.15, -0.1) is 0 Å². The largest absolute Gasteiger partial charge is 0.462 e. The summed E-state index contributed by atoms with van der Waals surface area (Å²) < 4.78 is 16.9. The summed E-state index contributed by atoms with van der Waals surface area (Å²) in [7, 11) is 0. The van der Waals surface area contributed by atoms with Crippen molar-refractivity contribution in [3.63, 3.8) is 0 Å². The van der Waals surface area contributed by atoms with Crippen LogP contribution >= 0.6 is 0 Å². The van der Waals surface area contributed by atoms with Gasteiger partial charge < -0.3 is 14.2 Å². The molecule has 0 aliphatic carbocycles. The number of carbonyl (C=O) groups excluding carboxylic acids is 3. The van der Waals surface area contributed by atoms with Crippen molar-refractivity contribution in [1.82, 2.24) is 0 Å². The van der Waals surface area contributed by atoms with Gasteiger partial charge >= 0.3 is 17.9 Å². The third kappa shape index (κ3) is 60.9. The predicted octanol–water partition coefficient (Wildman–Crippen LogP) is 21.8. The Labute approximate surface area is 470 Å². The Kier molecular flexibility index (Phi) is 60.3. The van der Waals surface area contributed by atoms with E-state index < -0.39 is 6.10 Å². The van der Waals surface area contributed by atoms with Gasteiger partial charge in [-0.3, -0.25) is 14.4 Å². The van der Waals surface area contributed by atoms with Crippen molar-refractivity contribution in [3.8, 4) is 0 Å². The molecule has 0 bridgehead atoms. The van der Waals surface area contributed by atoms with Gasteiger partial charge in [-0.05, 0) is 103 Å². The molecule has 0 aromatic heterocycles. The summed E-state index contributed by atoms with van der Waals surface area (Å²) in [6.07, 6.45) is 86.7. The molecule has 6 heteroatoms. The number of allylic oxidation sites excluding steroid dienone is 18. The molecule has 0 spiro atoms. The summed E-state index contributed by atoms with van der Waals surface area (Å²) >= 11 is 0. The lowest BCUT2D eigenvalue weighted by Crippen LogP contribution is -2.30. The van der Waals surface area contributed by atoms with E-state index in [1.54, 1.807) is 0 Å². The molecule has 0 rings (SSSR count). The van der Waals surface area contributed by atoms with Gasteiger partial charge in [0.2, 0.25) is 0 Å². The van der Waals surface area contributed by atoms with Gasteiger partial charge in [0.25, 0.3) is 0 Å². The molecule has 0 fully saturated rings. The summed E-state index contributed by atoms with van der Waals surface area (Å²) in [4.78, 5) is 38.3. The molecule has 6 nitrogen and oxygen atoms in total. The lowest BCUT2D eigenvalue weighted by atomic mass is 10.0. The Hall–Kier alpha value is -3.93. The third-order valence-corrected chi connectivity index (χ3v) is 13.5. The van der Waals surface area contributed by atoms with E-state index >= 15 is 0 Å². The van der Waals surface area contributed by atoms with Crippen LogP contribution in [0.4, 0.5) is 0 Å². The number of unbranched alkanes of at least 4 members (excludes halogenated alkanes) is 28. The Morgan fingerprint density at radius 1 is 0.276 bits per heavy atom. The van der Waals surface area contributed by atoms with Crippen LogP contribution in [0.1, 0.15) is 297 Å². The summed E-state index contributed by atoms with van der Waals surface area (Å²) in [6, 6.07) is 0. The van der Waals surface area contributed by atoms with E-state index in [4.69, 9.17) is 14.2 Å². The van der Waals surface area contributed by atoms with Crippen LogP contribution in [0.5, 0.6) is 0 Å². The molecule has 1 atom stereocenters. The average Bonchev–Trinajstić information content (AvgIpc) is 3.42.